The maximum atomic E-state index is 13.1. The van der Waals surface area contributed by atoms with E-state index in [-0.39, 0.29) is 5.56 Å². The van der Waals surface area contributed by atoms with Crippen molar-refractivity contribution in [2.24, 2.45) is 0 Å². The van der Waals surface area contributed by atoms with E-state index in [2.05, 4.69) is 10.4 Å². The van der Waals surface area contributed by atoms with Gasteiger partial charge in [-0.1, -0.05) is 42.5 Å². The van der Waals surface area contributed by atoms with Crippen LogP contribution in [0.15, 0.2) is 83.7 Å². The Morgan fingerprint density at radius 3 is 2.50 bits per heavy atom. The highest BCUT2D eigenvalue weighted by Gasteiger charge is 2.16. The van der Waals surface area contributed by atoms with E-state index in [0.29, 0.717) is 33.6 Å². The van der Waals surface area contributed by atoms with Crippen molar-refractivity contribution < 1.29 is 9.53 Å². The first-order chi connectivity index (χ1) is 13.7. The van der Waals surface area contributed by atoms with Gasteiger partial charge in [0.05, 0.1) is 18.0 Å². The standard InChI is InChI=1S/C22H17N3O3/c1-28-17-11-7-10-16(14-17)20-23-19-13-6-5-12-18(19)22(27)25(20)24-21(26)15-8-3-2-4-9-15/h2-14H,1H3,(H,24,26). The Hall–Kier alpha value is -3.93. The molecule has 0 unspecified atom stereocenters. The summed E-state index contributed by atoms with van der Waals surface area (Å²) in [5, 5.41) is 0.419. The molecule has 0 bridgehead atoms. The smallest absolute Gasteiger partial charge is 0.280 e. The minimum Gasteiger partial charge on any atom is -0.497 e. The van der Waals surface area contributed by atoms with Crippen molar-refractivity contribution >= 4 is 16.8 Å². The quantitative estimate of drug-likeness (QED) is 0.596. The Morgan fingerprint density at radius 1 is 0.964 bits per heavy atom. The van der Waals surface area contributed by atoms with Crippen molar-refractivity contribution in [3.05, 3.63) is 94.8 Å². The third-order valence-electron chi connectivity index (χ3n) is 4.35. The predicted octanol–water partition coefficient (Wildman–Crippen LogP) is 3.46. The molecule has 1 heterocycles. The number of para-hydroxylation sites is 1. The summed E-state index contributed by atoms with van der Waals surface area (Å²) in [7, 11) is 1.57. The van der Waals surface area contributed by atoms with E-state index in [9.17, 15) is 9.59 Å². The number of benzene rings is 3. The van der Waals surface area contributed by atoms with Crippen LogP contribution in [0.1, 0.15) is 10.4 Å². The first-order valence-electron chi connectivity index (χ1n) is 8.70. The topological polar surface area (TPSA) is 73.2 Å². The van der Waals surface area contributed by atoms with Crippen LogP contribution in [0.4, 0.5) is 0 Å². The highest BCUT2D eigenvalue weighted by Crippen LogP contribution is 2.22. The van der Waals surface area contributed by atoms with Crippen molar-refractivity contribution in [1.29, 1.82) is 0 Å². The summed E-state index contributed by atoms with van der Waals surface area (Å²) in [5.74, 6) is 0.552. The van der Waals surface area contributed by atoms with Crippen LogP contribution < -0.4 is 15.7 Å². The van der Waals surface area contributed by atoms with Gasteiger partial charge in [-0.2, -0.15) is 4.68 Å². The summed E-state index contributed by atoms with van der Waals surface area (Å²) >= 11 is 0. The number of amides is 1. The van der Waals surface area contributed by atoms with Gasteiger partial charge in [0, 0.05) is 11.1 Å². The maximum Gasteiger partial charge on any atom is 0.280 e. The van der Waals surface area contributed by atoms with Crippen molar-refractivity contribution in [3.63, 3.8) is 0 Å². The fourth-order valence-electron chi connectivity index (χ4n) is 2.95. The molecule has 4 aromatic rings. The summed E-state index contributed by atoms with van der Waals surface area (Å²) in [5.41, 5.74) is 3.97. The van der Waals surface area contributed by atoms with Gasteiger partial charge >= 0.3 is 0 Å². The molecule has 6 heteroatoms. The molecule has 0 saturated carbocycles. The molecule has 0 aliphatic rings. The van der Waals surface area contributed by atoms with Gasteiger partial charge in [0.25, 0.3) is 11.5 Å². The van der Waals surface area contributed by atoms with E-state index < -0.39 is 5.91 Å². The van der Waals surface area contributed by atoms with E-state index >= 15 is 0 Å². The molecule has 0 aliphatic carbocycles. The monoisotopic (exact) mass is 371 g/mol. The zero-order valence-electron chi connectivity index (χ0n) is 15.1. The Labute approximate surface area is 161 Å². The van der Waals surface area contributed by atoms with E-state index in [4.69, 9.17) is 4.74 Å². The average Bonchev–Trinajstić information content (AvgIpc) is 2.76. The van der Waals surface area contributed by atoms with E-state index in [1.807, 2.05) is 18.2 Å². The van der Waals surface area contributed by atoms with Crippen LogP contribution in [-0.2, 0) is 0 Å². The summed E-state index contributed by atoms with van der Waals surface area (Å²) in [4.78, 5) is 30.4. The van der Waals surface area contributed by atoms with Gasteiger partial charge < -0.3 is 4.74 Å². The van der Waals surface area contributed by atoms with Crippen LogP contribution in [-0.4, -0.2) is 22.7 Å². The number of fused-ring (bicyclic) bond motifs is 1. The second-order valence-corrected chi connectivity index (χ2v) is 6.13. The molecule has 0 saturated heterocycles. The van der Waals surface area contributed by atoms with Crippen molar-refractivity contribution in [3.8, 4) is 17.1 Å². The van der Waals surface area contributed by atoms with Crippen molar-refractivity contribution in [1.82, 2.24) is 9.66 Å². The Bertz CT molecular complexity index is 1220. The number of rotatable bonds is 4. The maximum absolute atomic E-state index is 13.1. The van der Waals surface area contributed by atoms with Gasteiger partial charge in [0.2, 0.25) is 0 Å². The number of hydrogen-bond donors (Lipinski definition) is 1. The van der Waals surface area contributed by atoms with Crippen LogP contribution in [0, 0.1) is 0 Å². The van der Waals surface area contributed by atoms with Crippen LogP contribution in [0.25, 0.3) is 22.3 Å². The van der Waals surface area contributed by atoms with Crippen LogP contribution in [0.2, 0.25) is 0 Å². The molecule has 28 heavy (non-hydrogen) atoms. The Balaban J connectivity index is 1.91. The van der Waals surface area contributed by atoms with Crippen LogP contribution >= 0.6 is 0 Å². The van der Waals surface area contributed by atoms with E-state index in [1.165, 1.54) is 4.68 Å². The van der Waals surface area contributed by atoms with Gasteiger partial charge in [0.1, 0.15) is 5.75 Å². The normalized spacial score (nSPS) is 10.6. The second kappa shape index (κ2) is 7.36. The first kappa shape index (κ1) is 17.5. The molecule has 1 amide bonds. The molecule has 0 radical (unpaired) electrons. The number of hydrogen-bond acceptors (Lipinski definition) is 4. The highest BCUT2D eigenvalue weighted by molar-refractivity contribution is 6.00. The first-order valence-corrected chi connectivity index (χ1v) is 8.70. The molecule has 138 valence electrons. The lowest BCUT2D eigenvalue weighted by molar-refractivity contribution is 0.101. The minimum atomic E-state index is -0.399. The van der Waals surface area contributed by atoms with Gasteiger partial charge in [-0.25, -0.2) is 4.98 Å². The molecule has 6 nitrogen and oxygen atoms in total. The van der Waals surface area contributed by atoms with Gasteiger partial charge in [-0.15, -0.1) is 0 Å². The number of aromatic nitrogens is 2. The van der Waals surface area contributed by atoms with Crippen molar-refractivity contribution in [2.45, 2.75) is 0 Å². The van der Waals surface area contributed by atoms with Gasteiger partial charge in [0.15, 0.2) is 5.82 Å². The van der Waals surface area contributed by atoms with Gasteiger partial charge in [-0.05, 0) is 36.4 Å². The lowest BCUT2D eigenvalue weighted by atomic mass is 10.1. The average molecular weight is 371 g/mol. The van der Waals surface area contributed by atoms with E-state index in [1.54, 1.807) is 67.8 Å². The molecule has 0 aliphatic heterocycles. The third-order valence-corrected chi connectivity index (χ3v) is 4.35. The summed E-state index contributed by atoms with van der Waals surface area (Å²) in [6, 6.07) is 22.9. The SMILES string of the molecule is COc1cccc(-c2nc3ccccc3c(=O)n2NC(=O)c2ccccc2)c1. The summed E-state index contributed by atoms with van der Waals surface area (Å²) in [6.07, 6.45) is 0. The lowest BCUT2D eigenvalue weighted by Gasteiger charge is -2.15. The summed E-state index contributed by atoms with van der Waals surface area (Å²) < 4.78 is 6.47. The molecule has 1 N–H and O–H groups in total. The molecule has 0 fully saturated rings. The Kier molecular flexibility index (Phi) is 4.60. The number of methoxy groups -OCH3 is 1. The number of nitrogens with one attached hydrogen (secondary N) is 1. The fourth-order valence-corrected chi connectivity index (χ4v) is 2.95. The predicted molar refractivity (Wildman–Crippen MR) is 108 cm³/mol. The molecule has 3 aromatic carbocycles. The minimum absolute atomic E-state index is 0.326. The fraction of sp³-hybridized carbons (Fsp3) is 0.0455. The molecular formula is C22H17N3O3. The van der Waals surface area contributed by atoms with Crippen LogP contribution in [0.3, 0.4) is 0 Å². The number of carbonyl (C=O) groups excluding carboxylic acids is 1. The molecule has 0 spiro atoms. The zero-order chi connectivity index (χ0) is 19.5. The molecule has 0 atom stereocenters. The Morgan fingerprint density at radius 2 is 1.71 bits per heavy atom. The van der Waals surface area contributed by atoms with Gasteiger partial charge in [-0.3, -0.25) is 15.0 Å². The number of nitrogens with zero attached hydrogens (tertiary/aromatic N) is 2. The zero-order valence-corrected chi connectivity index (χ0v) is 15.1. The highest BCUT2D eigenvalue weighted by atomic mass is 16.5. The largest absolute Gasteiger partial charge is 0.497 e. The number of carbonyl (C=O) groups is 1. The van der Waals surface area contributed by atoms with Crippen LogP contribution in [0.5, 0.6) is 5.75 Å². The third kappa shape index (κ3) is 3.23. The number of ether oxygens (including phenoxy) is 1. The molecule has 1 aromatic heterocycles. The molecule has 4 rings (SSSR count). The summed E-state index contributed by atoms with van der Waals surface area (Å²) in [6.45, 7) is 0. The second-order valence-electron chi connectivity index (χ2n) is 6.13. The van der Waals surface area contributed by atoms with Crippen molar-refractivity contribution in [2.75, 3.05) is 12.5 Å². The lowest BCUT2D eigenvalue weighted by Crippen LogP contribution is -2.35. The van der Waals surface area contributed by atoms with E-state index in [0.717, 1.165) is 0 Å². The molecular weight excluding hydrogens is 354 g/mol.